The third-order valence-electron chi connectivity index (χ3n) is 11.1. The van der Waals surface area contributed by atoms with E-state index in [1.54, 1.807) is 12.1 Å². The molecular weight excluding hydrogens is 630 g/mol. The minimum absolute atomic E-state index is 0.144. The van der Waals surface area contributed by atoms with E-state index >= 15 is 0 Å². The second-order valence-electron chi connectivity index (χ2n) is 14.0. The van der Waals surface area contributed by atoms with E-state index in [-0.39, 0.29) is 23.6 Å². The van der Waals surface area contributed by atoms with Gasteiger partial charge in [-0.1, -0.05) is 30.3 Å². The summed E-state index contributed by atoms with van der Waals surface area (Å²) in [4.78, 5) is 34.3. The fraction of sp³-hybridized carbons (Fsp3) is 0.410. The number of nitrogens with zero attached hydrogens (tertiary/aromatic N) is 5. The number of pyridine rings is 1. The van der Waals surface area contributed by atoms with Gasteiger partial charge in [-0.15, -0.1) is 10.2 Å². The van der Waals surface area contributed by atoms with Gasteiger partial charge in [-0.2, -0.15) is 0 Å². The first-order valence-corrected chi connectivity index (χ1v) is 17.9. The number of benzene rings is 2. The number of amides is 2. The number of para-hydroxylation sites is 2. The fourth-order valence-corrected chi connectivity index (χ4v) is 8.49. The van der Waals surface area contributed by atoms with Gasteiger partial charge in [0, 0.05) is 35.2 Å². The molecule has 2 aromatic carbocycles. The monoisotopic (exact) mass is 673 g/mol. The Balaban J connectivity index is 0.897. The number of hydrogen-bond acceptors (Lipinski definition) is 10. The number of nitrogens with two attached hydrogens (primary N) is 1. The molecule has 11 heteroatoms. The Labute approximate surface area is 291 Å². The third kappa shape index (κ3) is 6.26. The number of aromatic nitrogens is 3. The first kappa shape index (κ1) is 32.2. The number of likely N-dealkylation sites (tertiary alicyclic amines) is 1. The average Bonchev–Trinajstić information content (AvgIpc) is 3.15. The van der Waals surface area contributed by atoms with Crippen LogP contribution in [0.4, 0.5) is 11.5 Å². The SMILES string of the molecule is Nc1nnc(-c2ccccc2O)cc1-c1cccc(C2CCN([C@H]3CC[C@H](c4cccc5c4OCCN5C4CCC(=O)NC4=O)CC3)CC2)n1. The summed E-state index contributed by atoms with van der Waals surface area (Å²) in [5.74, 6) is 1.78. The van der Waals surface area contributed by atoms with Crippen LogP contribution < -0.4 is 20.7 Å². The van der Waals surface area contributed by atoms with Gasteiger partial charge in [-0.25, -0.2) is 0 Å². The topological polar surface area (TPSA) is 147 Å². The van der Waals surface area contributed by atoms with Crippen LogP contribution in [0.1, 0.15) is 74.5 Å². The number of phenols is 1. The Bertz CT molecular complexity index is 1900. The third-order valence-corrected chi connectivity index (χ3v) is 11.1. The van der Waals surface area contributed by atoms with E-state index < -0.39 is 0 Å². The summed E-state index contributed by atoms with van der Waals surface area (Å²) in [6.07, 6.45) is 7.53. The van der Waals surface area contributed by atoms with Crippen molar-refractivity contribution in [2.24, 2.45) is 0 Å². The predicted octanol–water partition coefficient (Wildman–Crippen LogP) is 5.40. The highest BCUT2D eigenvalue weighted by Gasteiger charge is 2.37. The molecule has 4 N–H and O–H groups in total. The normalized spacial score (nSPS) is 23.2. The maximum Gasteiger partial charge on any atom is 0.249 e. The van der Waals surface area contributed by atoms with Gasteiger partial charge in [0.05, 0.1) is 23.6 Å². The van der Waals surface area contributed by atoms with Crippen LogP contribution in [0, 0.1) is 0 Å². The minimum atomic E-state index is -0.337. The smallest absolute Gasteiger partial charge is 0.249 e. The molecule has 1 atom stereocenters. The van der Waals surface area contributed by atoms with Crippen molar-refractivity contribution in [2.75, 3.05) is 36.9 Å². The van der Waals surface area contributed by atoms with E-state index in [0.29, 0.717) is 66.5 Å². The van der Waals surface area contributed by atoms with E-state index in [1.165, 1.54) is 5.56 Å². The molecule has 50 heavy (non-hydrogen) atoms. The summed E-state index contributed by atoms with van der Waals surface area (Å²) in [6, 6.07) is 21.6. The number of phenolic OH excluding ortho intramolecular Hbond substituents is 1. The second kappa shape index (κ2) is 13.7. The molecule has 0 bridgehead atoms. The molecule has 4 aromatic rings. The van der Waals surface area contributed by atoms with E-state index in [4.69, 9.17) is 15.5 Å². The van der Waals surface area contributed by atoms with Crippen LogP contribution in [0.25, 0.3) is 22.5 Å². The van der Waals surface area contributed by atoms with Gasteiger partial charge in [0.25, 0.3) is 0 Å². The summed E-state index contributed by atoms with van der Waals surface area (Å²) in [5.41, 5.74) is 12.2. The van der Waals surface area contributed by atoms with Crippen molar-refractivity contribution in [3.8, 4) is 34.0 Å². The van der Waals surface area contributed by atoms with Crippen LogP contribution in [0.5, 0.6) is 11.5 Å². The zero-order valence-electron chi connectivity index (χ0n) is 28.1. The van der Waals surface area contributed by atoms with Crippen molar-refractivity contribution in [3.05, 3.63) is 78.0 Å². The summed E-state index contributed by atoms with van der Waals surface area (Å²) in [6.45, 7) is 3.27. The van der Waals surface area contributed by atoms with E-state index in [2.05, 4.69) is 49.6 Å². The molecule has 0 radical (unpaired) electrons. The van der Waals surface area contributed by atoms with Gasteiger partial charge in [0.1, 0.15) is 24.1 Å². The Morgan fingerprint density at radius 2 is 1.60 bits per heavy atom. The molecule has 2 amide bonds. The number of aromatic hydroxyl groups is 1. The second-order valence-corrected chi connectivity index (χ2v) is 14.0. The first-order chi connectivity index (χ1) is 24.4. The summed E-state index contributed by atoms with van der Waals surface area (Å²) >= 11 is 0. The Kier molecular flexibility index (Phi) is 8.82. The molecule has 1 aliphatic carbocycles. The Morgan fingerprint density at radius 3 is 2.40 bits per heavy atom. The van der Waals surface area contributed by atoms with Gasteiger partial charge in [-0.05, 0) is 106 Å². The quantitative estimate of drug-likeness (QED) is 0.227. The number of ether oxygens (including phenoxy) is 1. The highest BCUT2D eigenvalue weighted by Crippen LogP contribution is 2.45. The van der Waals surface area contributed by atoms with E-state index in [1.807, 2.05) is 30.3 Å². The Morgan fingerprint density at radius 1 is 0.800 bits per heavy atom. The first-order valence-electron chi connectivity index (χ1n) is 17.9. The average molecular weight is 674 g/mol. The summed E-state index contributed by atoms with van der Waals surface area (Å²) in [7, 11) is 0. The van der Waals surface area contributed by atoms with Crippen LogP contribution in [-0.2, 0) is 9.59 Å². The fourth-order valence-electron chi connectivity index (χ4n) is 8.49. The molecule has 3 aliphatic heterocycles. The zero-order chi connectivity index (χ0) is 34.2. The maximum atomic E-state index is 12.7. The van der Waals surface area contributed by atoms with Crippen molar-refractivity contribution in [3.63, 3.8) is 0 Å². The molecular formula is C39H43N7O4. The van der Waals surface area contributed by atoms with Gasteiger partial charge in [-0.3, -0.25) is 19.9 Å². The highest BCUT2D eigenvalue weighted by molar-refractivity contribution is 6.02. The molecule has 0 spiro atoms. The summed E-state index contributed by atoms with van der Waals surface area (Å²) in [5, 5.41) is 21.3. The van der Waals surface area contributed by atoms with Crippen molar-refractivity contribution in [1.82, 2.24) is 25.4 Å². The Hall–Kier alpha value is -5.03. The van der Waals surface area contributed by atoms with Crippen LogP contribution in [0.2, 0.25) is 0 Å². The van der Waals surface area contributed by atoms with Crippen LogP contribution >= 0.6 is 0 Å². The lowest BCUT2D eigenvalue weighted by atomic mass is 9.79. The standard InChI is InChI=1S/C39H43N7O4/c40-38-29(23-32(43-44-38)28-5-1-2-10-35(28)47)31-8-4-7-30(41-31)25-17-19-45(20-18-25)26-13-11-24(12-14-26)27-6-3-9-33-37(27)50-22-21-46(33)34-15-16-36(48)42-39(34)49/h1-10,23-26,34,47H,11-22H2,(H2,40,44)(H,42,48,49)/t24-,26-,34?. The molecule has 3 fully saturated rings. The molecule has 1 unspecified atom stereocenters. The van der Waals surface area contributed by atoms with Crippen molar-refractivity contribution < 1.29 is 19.4 Å². The lowest BCUT2D eigenvalue weighted by molar-refractivity contribution is -0.134. The molecule has 4 aliphatic rings. The number of hydrogen-bond donors (Lipinski definition) is 3. The minimum Gasteiger partial charge on any atom is -0.507 e. The van der Waals surface area contributed by atoms with Crippen LogP contribution in [0.15, 0.2) is 66.7 Å². The number of carbonyl (C=O) groups is 2. The number of nitrogen functional groups attached to an aromatic ring is 1. The van der Waals surface area contributed by atoms with Crippen molar-refractivity contribution in [2.45, 2.75) is 75.3 Å². The number of fused-ring (bicyclic) bond motifs is 1. The molecule has 11 nitrogen and oxygen atoms in total. The van der Waals surface area contributed by atoms with E-state index in [9.17, 15) is 14.7 Å². The lowest BCUT2D eigenvalue weighted by Gasteiger charge is -2.42. The number of piperidine rings is 2. The number of rotatable bonds is 6. The number of anilines is 2. The molecule has 1 saturated carbocycles. The summed E-state index contributed by atoms with van der Waals surface area (Å²) < 4.78 is 6.28. The molecule has 258 valence electrons. The molecule has 8 rings (SSSR count). The van der Waals surface area contributed by atoms with Crippen LogP contribution in [0.3, 0.4) is 0 Å². The lowest BCUT2D eigenvalue weighted by Crippen LogP contribution is -2.54. The number of imide groups is 1. The number of nitrogens with one attached hydrogen (secondary N) is 1. The predicted molar refractivity (Wildman–Crippen MR) is 191 cm³/mol. The van der Waals surface area contributed by atoms with Crippen molar-refractivity contribution >= 4 is 23.3 Å². The van der Waals surface area contributed by atoms with Crippen molar-refractivity contribution in [1.29, 1.82) is 0 Å². The largest absolute Gasteiger partial charge is 0.507 e. The molecule has 5 heterocycles. The van der Waals surface area contributed by atoms with Gasteiger partial charge < -0.3 is 25.4 Å². The molecule has 2 aromatic heterocycles. The molecule has 2 saturated heterocycles. The van der Waals surface area contributed by atoms with Gasteiger partial charge in [0.2, 0.25) is 11.8 Å². The van der Waals surface area contributed by atoms with Gasteiger partial charge in [0.15, 0.2) is 5.82 Å². The van der Waals surface area contributed by atoms with Crippen LogP contribution in [-0.4, -0.2) is 75.3 Å². The highest BCUT2D eigenvalue weighted by atomic mass is 16.5. The zero-order valence-corrected chi connectivity index (χ0v) is 28.1. The number of carbonyl (C=O) groups excluding carboxylic acids is 2. The maximum absolute atomic E-state index is 12.7. The van der Waals surface area contributed by atoms with Gasteiger partial charge >= 0.3 is 0 Å². The van der Waals surface area contributed by atoms with E-state index in [0.717, 1.165) is 74.4 Å².